The summed E-state index contributed by atoms with van der Waals surface area (Å²) in [5, 5.41) is 20.6. The minimum Gasteiger partial charge on any atom is -0.489 e. The summed E-state index contributed by atoms with van der Waals surface area (Å²) in [7, 11) is 0. The molecule has 0 spiro atoms. The van der Waals surface area contributed by atoms with Gasteiger partial charge in [0.05, 0.1) is 35.9 Å². The number of nitriles is 1. The van der Waals surface area contributed by atoms with Crippen molar-refractivity contribution in [2.75, 3.05) is 25.0 Å². The molecule has 0 atom stereocenters. The Hall–Kier alpha value is -5.14. The van der Waals surface area contributed by atoms with Crippen LogP contribution >= 0.6 is 0 Å². The number of aromatic nitrogens is 6. The molecule has 0 amide bonds. The minimum atomic E-state index is 0.191. The molecule has 1 saturated heterocycles. The van der Waals surface area contributed by atoms with E-state index in [0.29, 0.717) is 30.8 Å². The van der Waals surface area contributed by atoms with Crippen LogP contribution in [0.25, 0.3) is 33.9 Å². The maximum Gasteiger partial charge on any atom is 0.234 e. The van der Waals surface area contributed by atoms with Crippen LogP contribution in [0, 0.1) is 11.3 Å². The molecular weight excluding hydrogens is 526 g/mol. The fourth-order valence-corrected chi connectivity index (χ4v) is 5.77. The number of nitrogens with one attached hydrogen (secondary N) is 1. The molecule has 5 heterocycles. The molecule has 0 aliphatic carbocycles. The molecule has 0 saturated carbocycles. The SMILES string of the molecule is N#Cc1nccc(NC2CCN(Cc3ccc(-c4nc5n(c4-c4ccccc4)CCOc4cnncc4-5)cc3)CC2)n1. The number of fused-ring (bicyclic) bond motifs is 3. The normalized spacial score (nSPS) is 15.1. The summed E-state index contributed by atoms with van der Waals surface area (Å²) >= 11 is 0. The van der Waals surface area contributed by atoms with Crippen LogP contribution in [0.1, 0.15) is 24.2 Å². The molecular formula is C32H29N9O. The second-order valence-corrected chi connectivity index (χ2v) is 10.5. The van der Waals surface area contributed by atoms with Crippen LogP contribution in [-0.4, -0.2) is 60.4 Å². The van der Waals surface area contributed by atoms with E-state index in [1.54, 1.807) is 18.6 Å². The van der Waals surface area contributed by atoms with Gasteiger partial charge in [0.15, 0.2) is 5.75 Å². The van der Waals surface area contributed by atoms with Gasteiger partial charge in [-0.1, -0.05) is 54.6 Å². The summed E-state index contributed by atoms with van der Waals surface area (Å²) in [4.78, 5) is 15.9. The van der Waals surface area contributed by atoms with Crippen LogP contribution in [0.15, 0.2) is 79.3 Å². The van der Waals surface area contributed by atoms with Crippen molar-refractivity contribution >= 4 is 5.82 Å². The third-order valence-corrected chi connectivity index (χ3v) is 7.85. The van der Waals surface area contributed by atoms with Gasteiger partial charge in [-0.15, -0.1) is 0 Å². The first kappa shape index (κ1) is 25.8. The van der Waals surface area contributed by atoms with Gasteiger partial charge in [-0.25, -0.2) is 15.0 Å². The van der Waals surface area contributed by atoms with Crippen LogP contribution in [-0.2, 0) is 13.1 Å². The number of benzene rings is 2. The summed E-state index contributed by atoms with van der Waals surface area (Å²) in [5.41, 5.74) is 6.34. The second-order valence-electron chi connectivity index (χ2n) is 10.5. The molecule has 208 valence electrons. The van der Waals surface area contributed by atoms with Gasteiger partial charge >= 0.3 is 0 Å². The van der Waals surface area contributed by atoms with Crippen LogP contribution in [0.4, 0.5) is 5.82 Å². The largest absolute Gasteiger partial charge is 0.489 e. The average Bonchev–Trinajstić information content (AvgIpc) is 3.32. The summed E-state index contributed by atoms with van der Waals surface area (Å²) in [6.45, 7) is 4.10. The van der Waals surface area contributed by atoms with E-state index < -0.39 is 0 Å². The maximum absolute atomic E-state index is 9.05. The number of hydrogen-bond acceptors (Lipinski definition) is 9. The highest BCUT2D eigenvalue weighted by atomic mass is 16.5. The lowest BCUT2D eigenvalue weighted by atomic mass is 10.0. The zero-order chi connectivity index (χ0) is 28.3. The highest BCUT2D eigenvalue weighted by Crippen LogP contribution is 2.39. The molecule has 2 aromatic carbocycles. The second kappa shape index (κ2) is 11.4. The number of likely N-dealkylation sites (tertiary alicyclic amines) is 1. The van der Waals surface area contributed by atoms with Gasteiger partial charge in [0.1, 0.15) is 24.3 Å². The van der Waals surface area contributed by atoms with Crippen LogP contribution < -0.4 is 10.1 Å². The summed E-state index contributed by atoms with van der Waals surface area (Å²) in [6, 6.07) is 23.4. The summed E-state index contributed by atoms with van der Waals surface area (Å²) < 4.78 is 8.21. The molecule has 10 nitrogen and oxygen atoms in total. The van der Waals surface area contributed by atoms with Crippen LogP contribution in [0.2, 0.25) is 0 Å². The van der Waals surface area contributed by atoms with E-state index in [9.17, 15) is 0 Å². The molecule has 0 radical (unpaired) electrons. The van der Waals surface area contributed by atoms with E-state index in [1.165, 1.54) is 5.56 Å². The van der Waals surface area contributed by atoms with Crippen molar-refractivity contribution in [3.63, 3.8) is 0 Å². The predicted molar refractivity (Wildman–Crippen MR) is 158 cm³/mol. The number of imidazole rings is 1. The quantitative estimate of drug-likeness (QED) is 0.315. The van der Waals surface area contributed by atoms with Crippen LogP contribution in [0.3, 0.4) is 0 Å². The summed E-state index contributed by atoms with van der Waals surface area (Å²) in [5.74, 6) is 2.46. The van der Waals surface area contributed by atoms with Gasteiger partial charge in [-0.3, -0.25) is 4.90 Å². The van der Waals surface area contributed by atoms with E-state index in [2.05, 4.69) is 83.5 Å². The van der Waals surface area contributed by atoms with E-state index in [4.69, 9.17) is 15.0 Å². The van der Waals surface area contributed by atoms with Crippen molar-refractivity contribution < 1.29 is 4.74 Å². The van der Waals surface area contributed by atoms with Crippen molar-refractivity contribution in [1.29, 1.82) is 5.26 Å². The Balaban J connectivity index is 1.09. The molecule has 2 aliphatic rings. The van der Waals surface area contributed by atoms with Crippen molar-refractivity contribution in [1.82, 2.24) is 34.6 Å². The molecule has 1 N–H and O–H groups in total. The molecule has 7 rings (SSSR count). The van der Waals surface area contributed by atoms with Crippen molar-refractivity contribution in [3.05, 3.63) is 90.6 Å². The molecule has 42 heavy (non-hydrogen) atoms. The first-order valence-electron chi connectivity index (χ1n) is 14.2. The Kier molecular flexibility index (Phi) is 7.00. The number of piperidine rings is 1. The standard InChI is InChI=1S/C32H29N9O/c33-18-29-34-13-10-28(38-29)37-25-11-14-40(15-12-25)21-22-6-8-23(9-7-22)30-31(24-4-2-1-3-5-24)41-16-17-42-27-20-36-35-19-26(27)32(41)39-30/h1-10,13,19-20,25H,11-12,14-17,21H2,(H,34,37,38). The Morgan fingerprint density at radius 2 is 1.71 bits per heavy atom. The number of rotatable bonds is 6. The van der Waals surface area contributed by atoms with E-state index >= 15 is 0 Å². The lowest BCUT2D eigenvalue weighted by Gasteiger charge is -2.32. The Labute approximate surface area is 243 Å². The third-order valence-electron chi connectivity index (χ3n) is 7.85. The van der Waals surface area contributed by atoms with E-state index in [-0.39, 0.29) is 5.82 Å². The molecule has 5 aromatic rings. The lowest BCUT2D eigenvalue weighted by molar-refractivity contribution is 0.211. The number of anilines is 1. The van der Waals surface area contributed by atoms with Gasteiger partial charge in [0.25, 0.3) is 0 Å². The van der Waals surface area contributed by atoms with Gasteiger partial charge in [-0.2, -0.15) is 15.5 Å². The number of ether oxygens (including phenoxy) is 1. The summed E-state index contributed by atoms with van der Waals surface area (Å²) in [6.07, 6.45) is 7.05. The molecule has 0 unspecified atom stereocenters. The van der Waals surface area contributed by atoms with Gasteiger partial charge in [0.2, 0.25) is 5.82 Å². The van der Waals surface area contributed by atoms with Crippen LogP contribution in [0.5, 0.6) is 5.75 Å². The number of hydrogen-bond donors (Lipinski definition) is 1. The van der Waals surface area contributed by atoms with Crippen molar-refractivity contribution in [2.45, 2.75) is 32.0 Å². The first-order chi connectivity index (χ1) is 20.7. The highest BCUT2D eigenvalue weighted by molar-refractivity contribution is 5.83. The van der Waals surface area contributed by atoms with E-state index in [1.807, 2.05) is 18.2 Å². The van der Waals surface area contributed by atoms with Crippen molar-refractivity contribution in [3.8, 4) is 45.7 Å². The minimum absolute atomic E-state index is 0.191. The molecule has 1 fully saturated rings. The smallest absolute Gasteiger partial charge is 0.234 e. The topological polar surface area (TPSA) is 118 Å². The predicted octanol–water partition coefficient (Wildman–Crippen LogP) is 4.80. The zero-order valence-corrected chi connectivity index (χ0v) is 23.0. The Bertz CT molecular complexity index is 1740. The Morgan fingerprint density at radius 3 is 2.52 bits per heavy atom. The molecule has 2 aliphatic heterocycles. The maximum atomic E-state index is 9.05. The fourth-order valence-electron chi connectivity index (χ4n) is 5.77. The average molecular weight is 556 g/mol. The van der Waals surface area contributed by atoms with Crippen molar-refractivity contribution in [2.24, 2.45) is 0 Å². The highest BCUT2D eigenvalue weighted by Gasteiger charge is 2.26. The molecule has 3 aromatic heterocycles. The lowest BCUT2D eigenvalue weighted by Crippen LogP contribution is -2.38. The van der Waals surface area contributed by atoms with Gasteiger partial charge in [0, 0.05) is 43.0 Å². The molecule has 10 heteroatoms. The monoisotopic (exact) mass is 555 g/mol. The zero-order valence-electron chi connectivity index (χ0n) is 23.0. The first-order valence-corrected chi connectivity index (χ1v) is 14.2. The number of nitrogens with zero attached hydrogens (tertiary/aromatic N) is 8. The Morgan fingerprint density at radius 1 is 0.905 bits per heavy atom. The molecule has 0 bridgehead atoms. The van der Waals surface area contributed by atoms with Gasteiger partial charge < -0.3 is 14.6 Å². The fraction of sp³-hybridized carbons (Fsp3) is 0.250. The third kappa shape index (κ3) is 5.18. The van der Waals surface area contributed by atoms with E-state index in [0.717, 1.165) is 66.4 Å². The van der Waals surface area contributed by atoms with Gasteiger partial charge in [-0.05, 0) is 24.5 Å².